The first-order valence-corrected chi connectivity index (χ1v) is 5.90. The van der Waals surface area contributed by atoms with Gasteiger partial charge in [-0.15, -0.1) is 0 Å². The topological polar surface area (TPSA) is 79.3 Å². The number of aliphatic carboxylic acids is 1. The van der Waals surface area contributed by atoms with E-state index in [0.717, 1.165) is 5.69 Å². The molecule has 1 amide bonds. The van der Waals surface area contributed by atoms with Crippen molar-refractivity contribution in [3.05, 3.63) is 29.1 Å². The van der Waals surface area contributed by atoms with Crippen molar-refractivity contribution in [2.75, 3.05) is 6.54 Å². The smallest absolute Gasteiger partial charge is 0.311 e. The summed E-state index contributed by atoms with van der Waals surface area (Å²) in [4.78, 5) is 27.1. The van der Waals surface area contributed by atoms with Crippen molar-refractivity contribution in [2.45, 2.75) is 26.7 Å². The normalized spacial score (nSPS) is 16.1. The molecule has 1 aromatic rings. The minimum Gasteiger partial charge on any atom is -0.481 e. The molecule has 1 aromatic heterocycles. The van der Waals surface area contributed by atoms with Gasteiger partial charge >= 0.3 is 5.97 Å². The van der Waals surface area contributed by atoms with Gasteiger partial charge in [-0.2, -0.15) is 0 Å². The van der Waals surface area contributed by atoms with Crippen LogP contribution in [0.2, 0.25) is 0 Å². The second kappa shape index (κ2) is 4.40. The van der Waals surface area contributed by atoms with Crippen molar-refractivity contribution in [1.29, 1.82) is 0 Å². The molecule has 18 heavy (non-hydrogen) atoms. The van der Waals surface area contributed by atoms with Crippen molar-refractivity contribution in [2.24, 2.45) is 5.41 Å². The molecule has 0 saturated heterocycles. The van der Waals surface area contributed by atoms with Crippen molar-refractivity contribution in [3.63, 3.8) is 0 Å². The first kappa shape index (κ1) is 12.5. The lowest BCUT2D eigenvalue weighted by molar-refractivity contribution is -0.143. The SMILES string of the molecule is Cc1ccc(C(=O)NCC2(C(=O)O)CC2)c(C)n1. The number of aryl methyl sites for hydroxylation is 2. The van der Waals surface area contributed by atoms with E-state index in [1.54, 1.807) is 19.1 Å². The first-order valence-electron chi connectivity index (χ1n) is 5.90. The second-order valence-electron chi connectivity index (χ2n) is 4.85. The standard InChI is InChI=1S/C13H16N2O3/c1-8-3-4-10(9(2)15-8)11(16)14-7-13(5-6-13)12(17)18/h3-4H,5-7H2,1-2H3,(H,14,16)(H,17,18). The van der Waals surface area contributed by atoms with Crippen LogP contribution in [0, 0.1) is 19.3 Å². The third-order valence-corrected chi connectivity index (χ3v) is 3.36. The van der Waals surface area contributed by atoms with E-state index in [1.807, 2.05) is 6.92 Å². The second-order valence-corrected chi connectivity index (χ2v) is 4.85. The lowest BCUT2D eigenvalue weighted by Crippen LogP contribution is -2.34. The zero-order valence-corrected chi connectivity index (χ0v) is 10.5. The van der Waals surface area contributed by atoms with Crippen LogP contribution in [0.1, 0.15) is 34.6 Å². The van der Waals surface area contributed by atoms with Crippen LogP contribution in [0.4, 0.5) is 0 Å². The Morgan fingerprint density at radius 3 is 2.56 bits per heavy atom. The summed E-state index contributed by atoms with van der Waals surface area (Å²) < 4.78 is 0. The molecule has 0 aromatic carbocycles. The Kier molecular flexibility index (Phi) is 3.07. The van der Waals surface area contributed by atoms with E-state index in [4.69, 9.17) is 5.11 Å². The number of hydrogen-bond donors (Lipinski definition) is 2. The number of nitrogens with zero attached hydrogens (tertiary/aromatic N) is 1. The minimum absolute atomic E-state index is 0.189. The van der Waals surface area contributed by atoms with E-state index in [9.17, 15) is 9.59 Å². The summed E-state index contributed by atoms with van der Waals surface area (Å²) in [6.45, 7) is 3.82. The van der Waals surface area contributed by atoms with Gasteiger partial charge in [0, 0.05) is 12.2 Å². The Labute approximate surface area is 105 Å². The van der Waals surface area contributed by atoms with E-state index in [1.165, 1.54) is 0 Å². The van der Waals surface area contributed by atoms with Gasteiger partial charge in [-0.25, -0.2) is 0 Å². The van der Waals surface area contributed by atoms with Crippen molar-refractivity contribution in [1.82, 2.24) is 10.3 Å². The van der Waals surface area contributed by atoms with E-state index in [0.29, 0.717) is 24.1 Å². The Morgan fingerprint density at radius 1 is 1.39 bits per heavy atom. The number of pyridine rings is 1. The molecule has 1 aliphatic rings. The van der Waals surface area contributed by atoms with Gasteiger partial charge in [-0.3, -0.25) is 14.6 Å². The quantitative estimate of drug-likeness (QED) is 0.841. The molecule has 2 N–H and O–H groups in total. The van der Waals surface area contributed by atoms with Crippen LogP contribution in [0.5, 0.6) is 0 Å². The molecule has 1 saturated carbocycles. The van der Waals surface area contributed by atoms with Gasteiger partial charge in [0.1, 0.15) is 0 Å². The number of aromatic nitrogens is 1. The third-order valence-electron chi connectivity index (χ3n) is 3.36. The van der Waals surface area contributed by atoms with Crippen LogP contribution < -0.4 is 5.32 Å². The number of rotatable bonds is 4. The predicted molar refractivity (Wildman–Crippen MR) is 65.3 cm³/mol. The predicted octanol–water partition coefficient (Wildman–Crippen LogP) is 1.29. The molecule has 5 nitrogen and oxygen atoms in total. The summed E-state index contributed by atoms with van der Waals surface area (Å²) in [5, 5.41) is 11.7. The Morgan fingerprint density at radius 2 is 2.06 bits per heavy atom. The summed E-state index contributed by atoms with van der Waals surface area (Å²) in [6.07, 6.45) is 1.27. The highest BCUT2D eigenvalue weighted by Crippen LogP contribution is 2.45. The summed E-state index contributed by atoms with van der Waals surface area (Å²) in [7, 11) is 0. The van der Waals surface area contributed by atoms with E-state index >= 15 is 0 Å². The number of amides is 1. The lowest BCUT2D eigenvalue weighted by atomic mass is 10.1. The van der Waals surface area contributed by atoms with Gasteiger partial charge in [-0.05, 0) is 38.8 Å². The number of carboxylic acid groups (broad SMARTS) is 1. The molecule has 1 fully saturated rings. The number of hydrogen-bond acceptors (Lipinski definition) is 3. The Hall–Kier alpha value is -1.91. The van der Waals surface area contributed by atoms with Gasteiger partial charge in [0.25, 0.3) is 5.91 Å². The molecule has 1 aliphatic carbocycles. The molecule has 1 heterocycles. The van der Waals surface area contributed by atoms with Crippen LogP contribution in [-0.2, 0) is 4.79 Å². The maximum Gasteiger partial charge on any atom is 0.311 e. The fraction of sp³-hybridized carbons (Fsp3) is 0.462. The molecule has 0 unspecified atom stereocenters. The highest BCUT2D eigenvalue weighted by atomic mass is 16.4. The number of nitrogens with one attached hydrogen (secondary N) is 1. The summed E-state index contributed by atoms with van der Waals surface area (Å²) >= 11 is 0. The number of carbonyl (C=O) groups is 2. The fourth-order valence-corrected chi connectivity index (χ4v) is 1.89. The van der Waals surface area contributed by atoms with Crippen LogP contribution in [-0.4, -0.2) is 28.5 Å². The molecule has 5 heteroatoms. The summed E-state index contributed by atoms with van der Waals surface area (Å²) in [6, 6.07) is 3.49. The largest absolute Gasteiger partial charge is 0.481 e. The van der Waals surface area contributed by atoms with Gasteiger partial charge in [0.2, 0.25) is 0 Å². The molecule has 96 valence electrons. The molecular formula is C13H16N2O3. The zero-order valence-electron chi connectivity index (χ0n) is 10.5. The number of carboxylic acids is 1. The highest BCUT2D eigenvalue weighted by molar-refractivity contribution is 5.95. The average Bonchev–Trinajstić information content (AvgIpc) is 3.07. The molecule has 2 rings (SSSR count). The van der Waals surface area contributed by atoms with Crippen molar-refractivity contribution >= 4 is 11.9 Å². The maximum atomic E-state index is 11.9. The van der Waals surface area contributed by atoms with Crippen molar-refractivity contribution in [3.8, 4) is 0 Å². The average molecular weight is 248 g/mol. The molecule has 0 spiro atoms. The summed E-state index contributed by atoms with van der Waals surface area (Å²) in [5.41, 5.74) is 1.28. The van der Waals surface area contributed by atoms with Crippen LogP contribution in [0.25, 0.3) is 0 Å². The fourth-order valence-electron chi connectivity index (χ4n) is 1.89. The van der Waals surface area contributed by atoms with Gasteiger partial charge in [0.15, 0.2) is 0 Å². The monoisotopic (exact) mass is 248 g/mol. The Balaban J connectivity index is 2.02. The zero-order chi connectivity index (χ0) is 13.3. The highest BCUT2D eigenvalue weighted by Gasteiger charge is 2.50. The van der Waals surface area contributed by atoms with E-state index in [-0.39, 0.29) is 12.5 Å². The van der Waals surface area contributed by atoms with Gasteiger partial charge in [0.05, 0.1) is 16.7 Å². The minimum atomic E-state index is -0.832. The Bertz CT molecular complexity index is 507. The van der Waals surface area contributed by atoms with Crippen LogP contribution in [0.3, 0.4) is 0 Å². The summed E-state index contributed by atoms with van der Waals surface area (Å²) in [5.74, 6) is -1.09. The third kappa shape index (κ3) is 2.34. The molecule has 0 bridgehead atoms. The maximum absolute atomic E-state index is 11.9. The van der Waals surface area contributed by atoms with Crippen molar-refractivity contribution < 1.29 is 14.7 Å². The van der Waals surface area contributed by atoms with Crippen LogP contribution >= 0.6 is 0 Å². The molecule has 0 radical (unpaired) electrons. The lowest BCUT2D eigenvalue weighted by Gasteiger charge is -2.12. The van der Waals surface area contributed by atoms with Gasteiger partial charge < -0.3 is 10.4 Å². The molecule has 0 aliphatic heterocycles. The van der Waals surface area contributed by atoms with E-state index < -0.39 is 11.4 Å². The molecule has 0 atom stereocenters. The van der Waals surface area contributed by atoms with Crippen LogP contribution in [0.15, 0.2) is 12.1 Å². The first-order chi connectivity index (χ1) is 8.44. The van der Waals surface area contributed by atoms with Gasteiger partial charge in [-0.1, -0.05) is 0 Å². The van der Waals surface area contributed by atoms with E-state index in [2.05, 4.69) is 10.3 Å². The number of carbonyl (C=O) groups excluding carboxylic acids is 1. The molecular weight excluding hydrogens is 232 g/mol.